The number of carboxylic acid groups (broad SMARTS) is 1. The summed E-state index contributed by atoms with van der Waals surface area (Å²) in [5, 5.41) is 19.6. The van der Waals surface area contributed by atoms with Crippen LogP contribution in [0.2, 0.25) is 0 Å². The van der Waals surface area contributed by atoms with Gasteiger partial charge >= 0.3 is 17.9 Å². The SMILES string of the molecule is COc1cccc(C(=O)O[C@H](C(=O)O)[C@H](OC(=O)c2cccc(OC)c2)C(=O)Nc2ccc(OC)nn2)c1. The minimum atomic E-state index is -2.24. The van der Waals surface area contributed by atoms with Crippen molar-refractivity contribution in [2.24, 2.45) is 0 Å². The van der Waals surface area contributed by atoms with Crippen LogP contribution in [0.4, 0.5) is 5.82 Å². The smallest absolute Gasteiger partial charge is 0.349 e. The highest BCUT2D eigenvalue weighted by atomic mass is 16.6. The van der Waals surface area contributed by atoms with Gasteiger partial charge in [0.15, 0.2) is 5.82 Å². The number of nitrogens with zero attached hydrogens (tertiary/aromatic N) is 2. The van der Waals surface area contributed by atoms with Crippen LogP contribution in [0.25, 0.3) is 0 Å². The van der Waals surface area contributed by atoms with Crippen LogP contribution < -0.4 is 19.5 Å². The van der Waals surface area contributed by atoms with E-state index in [1.54, 1.807) is 12.1 Å². The van der Waals surface area contributed by atoms with Crippen molar-refractivity contribution in [2.75, 3.05) is 26.6 Å². The first-order chi connectivity index (χ1) is 18.2. The van der Waals surface area contributed by atoms with Gasteiger partial charge in [-0.15, -0.1) is 10.2 Å². The zero-order chi connectivity index (χ0) is 27.7. The van der Waals surface area contributed by atoms with E-state index < -0.39 is 36.0 Å². The number of aliphatic carboxylic acids is 1. The zero-order valence-electron chi connectivity index (χ0n) is 20.4. The van der Waals surface area contributed by atoms with Gasteiger partial charge in [-0.25, -0.2) is 14.4 Å². The van der Waals surface area contributed by atoms with Crippen LogP contribution >= 0.6 is 0 Å². The Morgan fingerprint density at radius 3 is 1.74 bits per heavy atom. The first-order valence-electron chi connectivity index (χ1n) is 10.9. The quantitative estimate of drug-likeness (QED) is 0.349. The lowest BCUT2D eigenvalue weighted by Crippen LogP contribution is -2.48. The molecule has 0 spiro atoms. The molecule has 0 aliphatic carbocycles. The predicted molar refractivity (Wildman–Crippen MR) is 129 cm³/mol. The van der Waals surface area contributed by atoms with E-state index in [4.69, 9.17) is 23.7 Å². The van der Waals surface area contributed by atoms with E-state index >= 15 is 0 Å². The molecule has 2 N–H and O–H groups in total. The maximum Gasteiger partial charge on any atom is 0.349 e. The molecule has 0 aliphatic rings. The number of anilines is 1. The van der Waals surface area contributed by atoms with E-state index in [1.807, 2.05) is 0 Å². The summed E-state index contributed by atoms with van der Waals surface area (Å²) >= 11 is 0. The molecule has 0 fully saturated rings. The number of rotatable bonds is 11. The van der Waals surface area contributed by atoms with Crippen LogP contribution in [0.1, 0.15) is 20.7 Å². The summed E-state index contributed by atoms with van der Waals surface area (Å²) < 4.78 is 25.4. The molecule has 0 radical (unpaired) electrons. The fourth-order valence-electron chi connectivity index (χ4n) is 3.05. The molecule has 13 heteroatoms. The minimum Gasteiger partial charge on any atom is -0.497 e. The molecule has 2 aromatic carbocycles. The second-order valence-electron chi connectivity index (χ2n) is 7.40. The molecule has 0 saturated heterocycles. The Hall–Kier alpha value is -5.20. The summed E-state index contributed by atoms with van der Waals surface area (Å²) in [5.74, 6) is -4.41. The highest BCUT2D eigenvalue weighted by Gasteiger charge is 2.41. The Morgan fingerprint density at radius 2 is 1.29 bits per heavy atom. The summed E-state index contributed by atoms with van der Waals surface area (Å²) in [6.45, 7) is 0. The third kappa shape index (κ3) is 6.94. The molecule has 1 aromatic heterocycles. The average molecular weight is 525 g/mol. The Kier molecular flexibility index (Phi) is 9.13. The summed E-state index contributed by atoms with van der Waals surface area (Å²) in [6.07, 6.45) is -4.38. The fraction of sp³-hybridized carbons (Fsp3) is 0.200. The van der Waals surface area contributed by atoms with Gasteiger partial charge in [0.05, 0.1) is 32.5 Å². The average Bonchev–Trinajstić information content (AvgIpc) is 2.94. The number of hydrogen-bond donors (Lipinski definition) is 2. The molecule has 0 bridgehead atoms. The van der Waals surface area contributed by atoms with Crippen LogP contribution in [0.3, 0.4) is 0 Å². The zero-order valence-corrected chi connectivity index (χ0v) is 20.4. The number of aromatic nitrogens is 2. The molecule has 3 aromatic rings. The molecule has 198 valence electrons. The minimum absolute atomic E-state index is 0.0466. The van der Waals surface area contributed by atoms with E-state index in [0.29, 0.717) is 11.5 Å². The largest absolute Gasteiger partial charge is 0.497 e. The van der Waals surface area contributed by atoms with E-state index in [1.165, 1.54) is 69.9 Å². The van der Waals surface area contributed by atoms with E-state index in [-0.39, 0.29) is 22.8 Å². The summed E-state index contributed by atoms with van der Waals surface area (Å²) in [7, 11) is 4.13. The first-order valence-corrected chi connectivity index (χ1v) is 10.9. The third-order valence-electron chi connectivity index (χ3n) is 4.96. The Balaban J connectivity index is 1.92. The number of methoxy groups -OCH3 is 3. The number of benzene rings is 2. The molecule has 13 nitrogen and oxygen atoms in total. The lowest BCUT2D eigenvalue weighted by molar-refractivity contribution is -0.157. The van der Waals surface area contributed by atoms with Gasteiger partial charge in [0, 0.05) is 6.07 Å². The maximum absolute atomic E-state index is 13.1. The van der Waals surface area contributed by atoms with Gasteiger partial charge in [-0.1, -0.05) is 12.1 Å². The number of carbonyl (C=O) groups excluding carboxylic acids is 3. The van der Waals surface area contributed by atoms with Crippen LogP contribution in [-0.2, 0) is 19.1 Å². The van der Waals surface area contributed by atoms with Gasteiger partial charge in [-0.05, 0) is 42.5 Å². The molecule has 2 atom stereocenters. The Bertz CT molecular complexity index is 1310. The molecule has 1 heterocycles. The molecule has 1 amide bonds. The number of esters is 2. The maximum atomic E-state index is 13.1. The number of carboxylic acids is 1. The summed E-state index contributed by atoms with van der Waals surface area (Å²) in [5.41, 5.74) is -0.107. The molecule has 0 unspecified atom stereocenters. The van der Waals surface area contributed by atoms with Gasteiger partial charge in [0.2, 0.25) is 18.1 Å². The van der Waals surface area contributed by atoms with Crippen molar-refractivity contribution in [2.45, 2.75) is 12.2 Å². The van der Waals surface area contributed by atoms with Gasteiger partial charge in [-0.2, -0.15) is 0 Å². The molecule has 0 aliphatic heterocycles. The van der Waals surface area contributed by atoms with E-state index in [0.717, 1.165) is 0 Å². The molecule has 38 heavy (non-hydrogen) atoms. The van der Waals surface area contributed by atoms with Crippen molar-refractivity contribution in [3.05, 3.63) is 71.8 Å². The number of ether oxygens (including phenoxy) is 5. The van der Waals surface area contributed by atoms with Crippen LogP contribution in [0, 0.1) is 0 Å². The standard InChI is InChI=1S/C25H23N3O10/c1-34-16-8-4-6-14(12-16)24(32)37-20(22(29)26-18-10-11-19(36-3)28-27-18)21(23(30)31)38-25(33)15-7-5-9-17(13-15)35-2/h4-13,20-21H,1-3H3,(H,30,31)(H,26,27,29)/t20-,21-/m0/s1. The lowest BCUT2D eigenvalue weighted by Gasteiger charge is -2.23. The normalized spacial score (nSPS) is 11.9. The number of amides is 1. The second-order valence-corrected chi connectivity index (χ2v) is 7.40. The highest BCUT2D eigenvalue weighted by Crippen LogP contribution is 2.19. The van der Waals surface area contributed by atoms with E-state index in [9.17, 15) is 24.3 Å². The second kappa shape index (κ2) is 12.7. The topological polar surface area (TPSA) is 172 Å². The van der Waals surface area contributed by atoms with Gasteiger partial charge < -0.3 is 34.1 Å². The first kappa shape index (κ1) is 27.4. The fourth-order valence-corrected chi connectivity index (χ4v) is 3.05. The molecular formula is C25H23N3O10. The number of nitrogens with one attached hydrogen (secondary N) is 1. The van der Waals surface area contributed by atoms with E-state index in [2.05, 4.69) is 15.5 Å². The van der Waals surface area contributed by atoms with Crippen molar-refractivity contribution in [1.29, 1.82) is 0 Å². The van der Waals surface area contributed by atoms with Crippen molar-refractivity contribution >= 4 is 29.6 Å². The predicted octanol–water partition coefficient (Wildman–Crippen LogP) is 1.98. The lowest BCUT2D eigenvalue weighted by atomic mass is 10.1. The Morgan fingerprint density at radius 1 is 0.737 bits per heavy atom. The molecule has 0 saturated carbocycles. The van der Waals surface area contributed by atoms with Crippen molar-refractivity contribution < 1.29 is 48.0 Å². The van der Waals surface area contributed by atoms with Gasteiger partial charge in [-0.3, -0.25) is 4.79 Å². The number of hydrogen-bond acceptors (Lipinski definition) is 11. The van der Waals surface area contributed by atoms with Crippen LogP contribution in [0.15, 0.2) is 60.7 Å². The Labute approximate surface area is 216 Å². The van der Waals surface area contributed by atoms with Gasteiger partial charge in [0.1, 0.15) is 11.5 Å². The number of carbonyl (C=O) groups is 4. The third-order valence-corrected chi connectivity index (χ3v) is 4.96. The van der Waals surface area contributed by atoms with Crippen molar-refractivity contribution in [3.63, 3.8) is 0 Å². The van der Waals surface area contributed by atoms with Crippen molar-refractivity contribution in [1.82, 2.24) is 10.2 Å². The molecule has 3 rings (SSSR count). The van der Waals surface area contributed by atoms with Crippen LogP contribution in [0.5, 0.6) is 17.4 Å². The van der Waals surface area contributed by atoms with Crippen molar-refractivity contribution in [3.8, 4) is 17.4 Å². The monoisotopic (exact) mass is 525 g/mol. The van der Waals surface area contributed by atoms with Gasteiger partial charge in [0.25, 0.3) is 5.91 Å². The van der Waals surface area contributed by atoms with Crippen LogP contribution in [-0.4, -0.2) is 72.7 Å². The summed E-state index contributed by atoms with van der Waals surface area (Å²) in [4.78, 5) is 50.9. The summed E-state index contributed by atoms with van der Waals surface area (Å²) in [6, 6.07) is 14.2. The molecular weight excluding hydrogens is 502 g/mol. The highest BCUT2D eigenvalue weighted by molar-refractivity contribution is 6.01.